The molecule has 0 fully saturated rings. The molecule has 138 valence electrons. The zero-order valence-corrected chi connectivity index (χ0v) is 16.2. The van der Waals surface area contributed by atoms with E-state index in [1.807, 2.05) is 37.3 Å². The van der Waals surface area contributed by atoms with Crippen LogP contribution in [0.5, 0.6) is 0 Å². The van der Waals surface area contributed by atoms with Crippen molar-refractivity contribution in [1.82, 2.24) is 0 Å². The van der Waals surface area contributed by atoms with Gasteiger partial charge in [0.15, 0.2) is 0 Å². The van der Waals surface area contributed by atoms with Gasteiger partial charge in [0.25, 0.3) is 0 Å². The lowest BCUT2D eigenvalue weighted by Crippen LogP contribution is -2.15. The molecule has 0 bridgehead atoms. The van der Waals surface area contributed by atoms with E-state index in [1.165, 1.54) is 11.3 Å². The first-order chi connectivity index (χ1) is 13.0. The largest absolute Gasteiger partial charge is 0.478 e. The molecule has 2 N–H and O–H groups in total. The number of amides is 1. The minimum Gasteiger partial charge on any atom is -0.478 e. The summed E-state index contributed by atoms with van der Waals surface area (Å²) in [5, 5.41) is 15.1. The Balaban J connectivity index is 1.79. The molecule has 6 heteroatoms. The Morgan fingerprint density at radius 1 is 1.11 bits per heavy atom. The molecule has 2 aromatic carbocycles. The van der Waals surface area contributed by atoms with Crippen LogP contribution in [-0.4, -0.2) is 17.0 Å². The number of hydrogen-bond acceptors (Lipinski definition) is 3. The number of carbonyl (C=O) groups excluding carboxylic acids is 1. The minimum absolute atomic E-state index is 0.0372. The quantitative estimate of drug-likeness (QED) is 0.542. The van der Waals surface area contributed by atoms with E-state index >= 15 is 0 Å². The van der Waals surface area contributed by atoms with Crippen LogP contribution < -0.4 is 5.32 Å². The zero-order valence-electron chi connectivity index (χ0n) is 14.6. The maximum absolute atomic E-state index is 12.4. The van der Waals surface area contributed by atoms with E-state index in [0.29, 0.717) is 15.6 Å². The number of nitrogens with one attached hydrogen (secondary N) is 1. The molecule has 0 spiro atoms. The molecule has 0 aliphatic rings. The molecule has 4 nitrogen and oxygen atoms in total. The Morgan fingerprint density at radius 2 is 1.78 bits per heavy atom. The second kappa shape index (κ2) is 8.37. The van der Waals surface area contributed by atoms with Gasteiger partial charge >= 0.3 is 5.97 Å². The van der Waals surface area contributed by atoms with Gasteiger partial charge in [0.1, 0.15) is 10.6 Å². The van der Waals surface area contributed by atoms with Gasteiger partial charge in [-0.2, -0.15) is 0 Å². The van der Waals surface area contributed by atoms with E-state index in [-0.39, 0.29) is 23.8 Å². The second-order valence-corrected chi connectivity index (χ2v) is 7.55. The fraction of sp³-hybridized carbons (Fsp3) is 0.143. The summed E-state index contributed by atoms with van der Waals surface area (Å²) < 4.78 is 0. The highest BCUT2D eigenvalue weighted by Gasteiger charge is 2.22. The van der Waals surface area contributed by atoms with Crippen molar-refractivity contribution in [3.05, 3.63) is 76.1 Å². The lowest BCUT2D eigenvalue weighted by Gasteiger charge is -2.12. The molecular weight excluding hydrogens is 382 g/mol. The number of aromatic carboxylic acids is 1. The van der Waals surface area contributed by atoms with Gasteiger partial charge in [-0.1, -0.05) is 61.0 Å². The number of anilines is 1. The summed E-state index contributed by atoms with van der Waals surface area (Å²) in [7, 11) is 0. The highest BCUT2D eigenvalue weighted by Crippen LogP contribution is 2.36. The molecule has 3 aromatic rings. The topological polar surface area (TPSA) is 66.4 Å². The summed E-state index contributed by atoms with van der Waals surface area (Å²) >= 11 is 7.11. The minimum atomic E-state index is -1.08. The Kier molecular flexibility index (Phi) is 5.94. The van der Waals surface area contributed by atoms with Crippen molar-refractivity contribution < 1.29 is 14.7 Å². The number of benzene rings is 2. The molecule has 0 saturated carbocycles. The number of carbonyl (C=O) groups is 2. The van der Waals surface area contributed by atoms with Gasteiger partial charge in [0, 0.05) is 22.4 Å². The summed E-state index contributed by atoms with van der Waals surface area (Å²) in [5.74, 6) is -1.25. The first kappa shape index (κ1) is 19.1. The number of hydrogen-bond donors (Lipinski definition) is 2. The molecule has 1 unspecified atom stereocenters. The standard InChI is InChI=1S/C21H18ClNO3S/c1-13(14-5-3-2-4-6-14)11-18(24)23-20-19(21(25)26)17(12-27-20)15-7-9-16(22)10-8-15/h2-10,12-13H,11H2,1H3,(H,23,24)(H,25,26). The van der Waals surface area contributed by atoms with Crippen molar-refractivity contribution in [2.45, 2.75) is 19.3 Å². The maximum Gasteiger partial charge on any atom is 0.339 e. The average Bonchev–Trinajstić information content (AvgIpc) is 3.06. The second-order valence-electron chi connectivity index (χ2n) is 6.23. The van der Waals surface area contributed by atoms with Crippen molar-refractivity contribution in [1.29, 1.82) is 0 Å². The van der Waals surface area contributed by atoms with Crippen LogP contribution in [0.1, 0.15) is 35.2 Å². The van der Waals surface area contributed by atoms with Crippen LogP contribution in [-0.2, 0) is 4.79 Å². The van der Waals surface area contributed by atoms with E-state index < -0.39 is 5.97 Å². The molecule has 0 saturated heterocycles. The molecule has 0 aliphatic heterocycles. The van der Waals surface area contributed by atoms with E-state index in [1.54, 1.807) is 29.6 Å². The summed E-state index contributed by atoms with van der Waals surface area (Å²) in [5.41, 5.74) is 2.48. The van der Waals surface area contributed by atoms with E-state index in [4.69, 9.17) is 11.6 Å². The van der Waals surface area contributed by atoms with Crippen LogP contribution >= 0.6 is 22.9 Å². The highest BCUT2D eigenvalue weighted by molar-refractivity contribution is 7.15. The van der Waals surface area contributed by atoms with Crippen molar-refractivity contribution >= 4 is 39.8 Å². The molecule has 0 aliphatic carbocycles. The van der Waals surface area contributed by atoms with Gasteiger partial charge in [0.2, 0.25) is 5.91 Å². The average molecular weight is 400 g/mol. The predicted molar refractivity (Wildman–Crippen MR) is 110 cm³/mol. The number of halogens is 1. The monoisotopic (exact) mass is 399 g/mol. The van der Waals surface area contributed by atoms with Crippen molar-refractivity contribution in [2.75, 3.05) is 5.32 Å². The fourth-order valence-electron chi connectivity index (χ4n) is 2.86. The molecule has 1 atom stereocenters. The maximum atomic E-state index is 12.4. The van der Waals surface area contributed by atoms with Gasteiger partial charge in [-0.3, -0.25) is 4.79 Å². The highest BCUT2D eigenvalue weighted by atomic mass is 35.5. The van der Waals surface area contributed by atoms with Crippen LogP contribution in [0.25, 0.3) is 11.1 Å². The summed E-state index contributed by atoms with van der Waals surface area (Å²) in [6.07, 6.45) is 0.275. The first-order valence-electron chi connectivity index (χ1n) is 8.41. The van der Waals surface area contributed by atoms with E-state index in [2.05, 4.69) is 5.32 Å². The fourth-order valence-corrected chi connectivity index (χ4v) is 3.96. The molecule has 27 heavy (non-hydrogen) atoms. The van der Waals surface area contributed by atoms with Crippen molar-refractivity contribution in [3.63, 3.8) is 0 Å². The van der Waals surface area contributed by atoms with Gasteiger partial charge in [-0.05, 0) is 29.2 Å². The number of rotatable bonds is 6. The summed E-state index contributed by atoms with van der Waals surface area (Å²) in [6, 6.07) is 16.7. The lowest BCUT2D eigenvalue weighted by atomic mass is 9.97. The number of carboxylic acids is 1. The number of carboxylic acid groups (broad SMARTS) is 1. The van der Waals surface area contributed by atoms with Crippen LogP contribution in [0.3, 0.4) is 0 Å². The third kappa shape index (κ3) is 4.56. The van der Waals surface area contributed by atoms with E-state index in [0.717, 1.165) is 11.1 Å². The predicted octanol–water partition coefficient (Wildman–Crippen LogP) is 5.90. The molecule has 1 amide bonds. The van der Waals surface area contributed by atoms with Crippen molar-refractivity contribution in [2.24, 2.45) is 0 Å². The normalized spacial score (nSPS) is 11.8. The summed E-state index contributed by atoms with van der Waals surface area (Å²) in [4.78, 5) is 24.2. The van der Waals surface area contributed by atoms with Crippen LogP contribution in [0.4, 0.5) is 5.00 Å². The van der Waals surface area contributed by atoms with Crippen LogP contribution in [0.2, 0.25) is 5.02 Å². The van der Waals surface area contributed by atoms with Gasteiger partial charge in [-0.15, -0.1) is 11.3 Å². The number of thiophene rings is 1. The lowest BCUT2D eigenvalue weighted by molar-refractivity contribution is -0.116. The molecule has 3 rings (SSSR count). The first-order valence-corrected chi connectivity index (χ1v) is 9.67. The third-order valence-electron chi connectivity index (χ3n) is 4.27. The summed E-state index contributed by atoms with van der Waals surface area (Å²) in [6.45, 7) is 1.97. The smallest absolute Gasteiger partial charge is 0.339 e. The molecule has 1 aromatic heterocycles. The zero-order chi connectivity index (χ0) is 19.4. The van der Waals surface area contributed by atoms with Crippen LogP contribution in [0.15, 0.2) is 60.0 Å². The van der Waals surface area contributed by atoms with Crippen molar-refractivity contribution in [3.8, 4) is 11.1 Å². The Hall–Kier alpha value is -2.63. The van der Waals surface area contributed by atoms with Crippen LogP contribution in [0, 0.1) is 0 Å². The van der Waals surface area contributed by atoms with E-state index in [9.17, 15) is 14.7 Å². The molecule has 0 radical (unpaired) electrons. The Bertz CT molecular complexity index is 951. The van der Waals surface area contributed by atoms with Gasteiger partial charge in [0.05, 0.1) is 0 Å². The Labute approximate surface area is 166 Å². The molecule has 1 heterocycles. The Morgan fingerprint density at radius 3 is 2.41 bits per heavy atom. The third-order valence-corrected chi connectivity index (χ3v) is 5.42. The van der Waals surface area contributed by atoms with Gasteiger partial charge in [-0.25, -0.2) is 4.79 Å². The molecular formula is C21H18ClNO3S. The van der Waals surface area contributed by atoms with Gasteiger partial charge < -0.3 is 10.4 Å². The SMILES string of the molecule is CC(CC(=O)Nc1scc(-c2ccc(Cl)cc2)c1C(=O)O)c1ccccc1.